The van der Waals surface area contributed by atoms with E-state index in [1.54, 1.807) is 0 Å². The van der Waals surface area contributed by atoms with Crippen LogP contribution in [0.15, 0.2) is 23.3 Å². The molecule has 9 heteroatoms. The molecule has 2 aromatic heterocycles. The average Bonchev–Trinajstić information content (AvgIpc) is 2.82. The third-order valence-electron chi connectivity index (χ3n) is 7.25. The maximum Gasteiger partial charge on any atom is 0.290 e. The monoisotopic (exact) mass is 467 g/mol. The normalized spacial score (nSPS) is 21.8. The van der Waals surface area contributed by atoms with Crippen LogP contribution in [0, 0.1) is 19.8 Å². The van der Waals surface area contributed by atoms with E-state index in [-0.39, 0.29) is 23.9 Å². The lowest BCUT2D eigenvalue weighted by Crippen LogP contribution is -2.50. The van der Waals surface area contributed by atoms with E-state index >= 15 is 0 Å². The largest absolute Gasteiger partial charge is 0.483 e. The fourth-order valence-electron chi connectivity index (χ4n) is 5.70. The van der Waals surface area contributed by atoms with Crippen molar-refractivity contribution in [1.29, 1.82) is 0 Å². The van der Waals surface area contributed by atoms with Gasteiger partial charge < -0.3 is 14.6 Å². The SMILES string of the molecule is Cc1ncnc(C)c1C(=O)N1C[C@@H]2C[C@H](C1)c1ccc(CN3CCCCC3)c(=O)n1C2.O=CO. The molecule has 2 bridgehead atoms. The second-order valence-corrected chi connectivity index (χ2v) is 9.57. The predicted octanol–water partition coefficient (Wildman–Crippen LogP) is 2.20. The number of hydrogen-bond donors (Lipinski definition) is 1. The van der Waals surface area contributed by atoms with Crippen molar-refractivity contribution in [2.75, 3.05) is 26.2 Å². The van der Waals surface area contributed by atoms with Crippen LogP contribution in [-0.4, -0.2) is 68.0 Å². The van der Waals surface area contributed by atoms with Crippen molar-refractivity contribution >= 4 is 12.4 Å². The fraction of sp³-hybridized carbons (Fsp3) is 0.560. The lowest BCUT2D eigenvalue weighted by Gasteiger charge is -2.43. The lowest BCUT2D eigenvalue weighted by molar-refractivity contribution is -0.122. The number of carbonyl (C=O) groups excluding carboxylic acids is 1. The molecule has 0 aromatic carbocycles. The number of carbonyl (C=O) groups is 2. The van der Waals surface area contributed by atoms with Crippen LogP contribution in [0.5, 0.6) is 0 Å². The number of likely N-dealkylation sites (tertiary alicyclic amines) is 2. The van der Waals surface area contributed by atoms with E-state index in [1.807, 2.05) is 29.4 Å². The Morgan fingerprint density at radius 2 is 1.76 bits per heavy atom. The summed E-state index contributed by atoms with van der Waals surface area (Å²) in [6, 6.07) is 4.17. The van der Waals surface area contributed by atoms with E-state index in [4.69, 9.17) is 9.90 Å². The molecular formula is C25H33N5O4. The van der Waals surface area contributed by atoms with Crippen LogP contribution in [0.2, 0.25) is 0 Å². The first kappa shape index (κ1) is 24.1. The van der Waals surface area contributed by atoms with Gasteiger partial charge in [0.15, 0.2) is 0 Å². The minimum Gasteiger partial charge on any atom is -0.483 e. The summed E-state index contributed by atoms with van der Waals surface area (Å²) in [5.74, 6) is 0.532. The smallest absolute Gasteiger partial charge is 0.290 e. The van der Waals surface area contributed by atoms with Crippen molar-refractivity contribution in [1.82, 2.24) is 24.3 Å². The Bertz CT molecular complexity index is 1090. The molecule has 0 radical (unpaired) electrons. The number of piperidine rings is 2. The third kappa shape index (κ3) is 4.89. The van der Waals surface area contributed by atoms with Gasteiger partial charge in [0.1, 0.15) is 6.33 Å². The number of amides is 1. The Labute approximate surface area is 199 Å². The van der Waals surface area contributed by atoms with Crippen molar-refractivity contribution < 1.29 is 14.7 Å². The summed E-state index contributed by atoms with van der Waals surface area (Å²) in [6.45, 7) is 8.45. The van der Waals surface area contributed by atoms with E-state index in [0.717, 1.165) is 48.7 Å². The van der Waals surface area contributed by atoms with E-state index < -0.39 is 0 Å². The van der Waals surface area contributed by atoms with Crippen molar-refractivity contribution in [3.8, 4) is 0 Å². The molecular weight excluding hydrogens is 434 g/mol. The average molecular weight is 468 g/mol. The molecule has 182 valence electrons. The molecule has 3 aliphatic rings. The molecule has 3 aliphatic heterocycles. The quantitative estimate of drug-likeness (QED) is 0.690. The van der Waals surface area contributed by atoms with Crippen molar-refractivity contribution in [2.45, 2.75) is 58.5 Å². The van der Waals surface area contributed by atoms with Crippen molar-refractivity contribution in [2.24, 2.45) is 5.92 Å². The van der Waals surface area contributed by atoms with Gasteiger partial charge in [-0.1, -0.05) is 12.5 Å². The predicted molar refractivity (Wildman–Crippen MR) is 127 cm³/mol. The zero-order valence-electron chi connectivity index (χ0n) is 19.9. The Hall–Kier alpha value is -3.07. The maximum absolute atomic E-state index is 13.3. The number of rotatable bonds is 3. The fourth-order valence-corrected chi connectivity index (χ4v) is 5.70. The number of carboxylic acid groups (broad SMARTS) is 1. The van der Waals surface area contributed by atoms with Gasteiger partial charge in [0.05, 0.1) is 17.0 Å². The van der Waals surface area contributed by atoms with Crippen LogP contribution < -0.4 is 5.56 Å². The van der Waals surface area contributed by atoms with Gasteiger partial charge in [-0.25, -0.2) is 9.97 Å². The Balaban J connectivity index is 0.000000868. The van der Waals surface area contributed by atoms with Gasteiger partial charge in [0.25, 0.3) is 17.9 Å². The summed E-state index contributed by atoms with van der Waals surface area (Å²) >= 11 is 0. The van der Waals surface area contributed by atoms with Gasteiger partial charge >= 0.3 is 0 Å². The molecule has 2 saturated heterocycles. The number of pyridine rings is 1. The number of nitrogens with zero attached hydrogens (tertiary/aromatic N) is 5. The zero-order chi connectivity index (χ0) is 24.2. The summed E-state index contributed by atoms with van der Waals surface area (Å²) in [6.07, 6.45) is 6.30. The van der Waals surface area contributed by atoms with E-state index in [1.165, 1.54) is 25.6 Å². The lowest BCUT2D eigenvalue weighted by atomic mass is 9.82. The molecule has 0 aliphatic carbocycles. The highest BCUT2D eigenvalue weighted by molar-refractivity contribution is 5.96. The molecule has 2 atom stereocenters. The van der Waals surface area contributed by atoms with Crippen molar-refractivity contribution in [3.63, 3.8) is 0 Å². The van der Waals surface area contributed by atoms with Crippen LogP contribution in [-0.2, 0) is 17.9 Å². The number of fused-ring (bicyclic) bond motifs is 4. The first-order valence-corrected chi connectivity index (χ1v) is 12.0. The second kappa shape index (κ2) is 10.5. The highest BCUT2D eigenvalue weighted by atomic mass is 16.3. The Morgan fingerprint density at radius 3 is 2.44 bits per heavy atom. The summed E-state index contributed by atoms with van der Waals surface area (Å²) in [5, 5.41) is 6.89. The maximum atomic E-state index is 13.3. The van der Waals surface area contributed by atoms with Crippen LogP contribution in [0.25, 0.3) is 0 Å². The molecule has 5 rings (SSSR count). The first-order chi connectivity index (χ1) is 16.4. The summed E-state index contributed by atoms with van der Waals surface area (Å²) in [4.78, 5) is 47.8. The molecule has 2 fully saturated rings. The minimum absolute atomic E-state index is 0.0165. The Kier molecular flexibility index (Phi) is 7.41. The highest BCUT2D eigenvalue weighted by Crippen LogP contribution is 2.36. The van der Waals surface area contributed by atoms with Gasteiger partial charge in [-0.15, -0.1) is 0 Å². The van der Waals surface area contributed by atoms with E-state index in [9.17, 15) is 9.59 Å². The molecule has 1 N–H and O–H groups in total. The molecule has 2 aromatic rings. The first-order valence-electron chi connectivity index (χ1n) is 12.0. The highest BCUT2D eigenvalue weighted by Gasteiger charge is 2.37. The zero-order valence-corrected chi connectivity index (χ0v) is 19.9. The second-order valence-electron chi connectivity index (χ2n) is 9.57. The van der Waals surface area contributed by atoms with Crippen molar-refractivity contribution in [3.05, 3.63) is 57.0 Å². The van der Waals surface area contributed by atoms with Gasteiger partial charge in [-0.3, -0.25) is 19.3 Å². The van der Waals surface area contributed by atoms with E-state index in [2.05, 4.69) is 20.9 Å². The van der Waals surface area contributed by atoms with E-state index in [0.29, 0.717) is 31.1 Å². The molecule has 5 heterocycles. The van der Waals surface area contributed by atoms with Gasteiger partial charge in [0.2, 0.25) is 0 Å². The molecule has 9 nitrogen and oxygen atoms in total. The number of aromatic nitrogens is 3. The molecule has 1 amide bonds. The van der Waals surface area contributed by atoms with Gasteiger partial charge in [-0.05, 0) is 58.2 Å². The number of aryl methyl sites for hydroxylation is 2. The van der Waals surface area contributed by atoms with Crippen LogP contribution in [0.4, 0.5) is 0 Å². The molecule has 34 heavy (non-hydrogen) atoms. The third-order valence-corrected chi connectivity index (χ3v) is 7.25. The van der Waals surface area contributed by atoms with Gasteiger partial charge in [0, 0.05) is 43.4 Å². The number of hydrogen-bond acceptors (Lipinski definition) is 6. The summed E-state index contributed by atoms with van der Waals surface area (Å²) in [5.41, 5.74) is 4.24. The molecule has 0 unspecified atom stereocenters. The topological polar surface area (TPSA) is 109 Å². The molecule has 0 saturated carbocycles. The standard InChI is InChI=1S/C24H31N5O2.CH2O2/c1-16-22(17(2)26-15-25-16)24(31)28-11-18-10-20(14-28)21-7-6-19(23(30)29(21)12-18)13-27-8-4-3-5-9-27;2-1-3/h6-7,15,18,20H,3-5,8-14H2,1-2H3;1H,(H,2,3)/t18-,20+;/m0./s1. The summed E-state index contributed by atoms with van der Waals surface area (Å²) in [7, 11) is 0. The molecule has 0 spiro atoms. The van der Waals surface area contributed by atoms with Crippen LogP contribution in [0.1, 0.15) is 64.6 Å². The van der Waals surface area contributed by atoms with Crippen LogP contribution >= 0.6 is 0 Å². The Morgan fingerprint density at radius 1 is 1.09 bits per heavy atom. The minimum atomic E-state index is -0.250. The van der Waals surface area contributed by atoms with Gasteiger partial charge in [-0.2, -0.15) is 0 Å². The summed E-state index contributed by atoms with van der Waals surface area (Å²) < 4.78 is 2.00. The van der Waals surface area contributed by atoms with Crippen LogP contribution in [0.3, 0.4) is 0 Å².